The first-order chi connectivity index (χ1) is 15.1. The van der Waals surface area contributed by atoms with E-state index in [0.29, 0.717) is 0 Å². The van der Waals surface area contributed by atoms with Crippen LogP contribution in [0.2, 0.25) is 0 Å². The maximum absolute atomic E-state index is 12.4. The quantitative estimate of drug-likeness (QED) is 0.343. The summed E-state index contributed by atoms with van der Waals surface area (Å²) >= 11 is 0. The van der Waals surface area contributed by atoms with Crippen LogP contribution >= 0.6 is 0 Å². The predicted octanol–water partition coefficient (Wildman–Crippen LogP) is 3.55. The first kappa shape index (κ1) is 28.4. The normalized spacial score (nSPS) is 19.4. The lowest BCUT2D eigenvalue weighted by molar-refractivity contribution is -0.132. The van der Waals surface area contributed by atoms with Crippen molar-refractivity contribution in [3.05, 3.63) is 11.6 Å². The number of amides is 2. The topological polar surface area (TPSA) is 152 Å². The van der Waals surface area contributed by atoms with Crippen LogP contribution in [0.3, 0.4) is 0 Å². The third-order valence-corrected chi connectivity index (χ3v) is 5.11. The van der Waals surface area contributed by atoms with Crippen molar-refractivity contribution in [2.45, 2.75) is 97.9 Å². The number of carbonyl (C=O) groups excluding carboxylic acids is 2. The van der Waals surface area contributed by atoms with Crippen molar-refractivity contribution in [3.8, 4) is 0 Å². The first-order valence-corrected chi connectivity index (χ1v) is 11.3. The van der Waals surface area contributed by atoms with Gasteiger partial charge < -0.3 is 20.3 Å². The Labute approximate surface area is 196 Å². The fourth-order valence-corrected chi connectivity index (χ4v) is 3.64. The smallest absolute Gasteiger partial charge is 0.414 e. The Bertz CT molecular complexity index is 743. The SMILES string of the molecule is CCC(CC)C(N)[C@@H]1C=C(C(=O)O)C[C@H]1N=C(NC(=O)OC(C)(C)C)NC(=O)OC(C)(C)C. The van der Waals surface area contributed by atoms with Gasteiger partial charge in [-0.05, 0) is 47.5 Å². The third kappa shape index (κ3) is 9.81. The van der Waals surface area contributed by atoms with Gasteiger partial charge in [0.05, 0.1) is 6.04 Å². The Morgan fingerprint density at radius 1 is 1.06 bits per heavy atom. The zero-order valence-corrected chi connectivity index (χ0v) is 21.0. The average molecular weight is 469 g/mol. The van der Waals surface area contributed by atoms with Crippen LogP contribution < -0.4 is 16.4 Å². The van der Waals surface area contributed by atoms with Crippen molar-refractivity contribution >= 4 is 24.1 Å². The number of aliphatic carboxylic acids is 1. The Morgan fingerprint density at radius 3 is 1.88 bits per heavy atom. The number of carboxylic acids is 1. The van der Waals surface area contributed by atoms with Gasteiger partial charge in [-0.25, -0.2) is 19.4 Å². The number of carbonyl (C=O) groups is 3. The average Bonchev–Trinajstić information content (AvgIpc) is 3.03. The number of ether oxygens (including phenoxy) is 2. The van der Waals surface area contributed by atoms with E-state index in [-0.39, 0.29) is 35.8 Å². The van der Waals surface area contributed by atoms with E-state index in [1.54, 1.807) is 47.6 Å². The fourth-order valence-electron chi connectivity index (χ4n) is 3.64. The highest BCUT2D eigenvalue weighted by atomic mass is 16.6. The molecular formula is C23H40N4O6. The van der Waals surface area contributed by atoms with Crippen molar-refractivity contribution < 1.29 is 29.0 Å². The molecule has 0 aromatic carbocycles. The van der Waals surface area contributed by atoms with Crippen molar-refractivity contribution in [2.24, 2.45) is 22.6 Å². The summed E-state index contributed by atoms with van der Waals surface area (Å²) in [6.45, 7) is 14.3. The molecule has 10 heteroatoms. The molecule has 0 radical (unpaired) electrons. The number of hydrogen-bond donors (Lipinski definition) is 4. The van der Waals surface area contributed by atoms with E-state index < -0.39 is 35.4 Å². The predicted molar refractivity (Wildman–Crippen MR) is 126 cm³/mol. The molecule has 0 aliphatic heterocycles. The van der Waals surface area contributed by atoms with E-state index in [1.165, 1.54) is 0 Å². The zero-order chi connectivity index (χ0) is 25.6. The Balaban J connectivity index is 3.26. The minimum absolute atomic E-state index is 0.114. The van der Waals surface area contributed by atoms with Crippen LogP contribution in [0, 0.1) is 11.8 Å². The van der Waals surface area contributed by atoms with Gasteiger partial charge in [-0.3, -0.25) is 10.6 Å². The molecule has 1 aliphatic carbocycles. The van der Waals surface area contributed by atoms with Gasteiger partial charge in [0, 0.05) is 24.0 Å². The summed E-state index contributed by atoms with van der Waals surface area (Å²) in [5.41, 5.74) is 5.17. The van der Waals surface area contributed by atoms with E-state index >= 15 is 0 Å². The zero-order valence-electron chi connectivity index (χ0n) is 21.0. The van der Waals surface area contributed by atoms with E-state index in [4.69, 9.17) is 15.2 Å². The van der Waals surface area contributed by atoms with Crippen LogP contribution in [0.4, 0.5) is 9.59 Å². The van der Waals surface area contributed by atoms with Crippen LogP contribution in [0.1, 0.15) is 74.7 Å². The molecular weight excluding hydrogens is 428 g/mol. The van der Waals surface area contributed by atoms with Crippen LogP contribution in [0.5, 0.6) is 0 Å². The number of nitrogens with two attached hydrogens (primary N) is 1. The number of nitrogens with zero attached hydrogens (tertiary/aromatic N) is 1. The van der Waals surface area contributed by atoms with Crippen molar-refractivity contribution in [2.75, 3.05) is 0 Å². The van der Waals surface area contributed by atoms with Gasteiger partial charge in [0.1, 0.15) is 11.2 Å². The van der Waals surface area contributed by atoms with Gasteiger partial charge in [-0.15, -0.1) is 0 Å². The lowest BCUT2D eigenvalue weighted by Crippen LogP contribution is -2.48. The van der Waals surface area contributed by atoms with Crippen LogP contribution in [-0.2, 0) is 14.3 Å². The summed E-state index contributed by atoms with van der Waals surface area (Å²) in [5, 5.41) is 14.4. The molecule has 1 aliphatic rings. The highest BCUT2D eigenvalue weighted by molar-refractivity contribution is 6.01. The fraction of sp³-hybridized carbons (Fsp3) is 0.739. The summed E-state index contributed by atoms with van der Waals surface area (Å²) in [4.78, 5) is 40.9. The van der Waals surface area contributed by atoms with Crippen LogP contribution in [-0.4, -0.2) is 52.5 Å². The van der Waals surface area contributed by atoms with E-state index in [2.05, 4.69) is 15.6 Å². The van der Waals surface area contributed by atoms with Crippen molar-refractivity contribution in [1.29, 1.82) is 0 Å². The molecule has 5 N–H and O–H groups in total. The Kier molecular flexibility index (Phi) is 9.89. The van der Waals surface area contributed by atoms with E-state index in [9.17, 15) is 19.5 Å². The van der Waals surface area contributed by atoms with Crippen molar-refractivity contribution in [1.82, 2.24) is 10.6 Å². The summed E-state index contributed by atoms with van der Waals surface area (Å²) in [6, 6.07) is -0.929. The summed E-state index contributed by atoms with van der Waals surface area (Å²) in [7, 11) is 0. The Hall–Kier alpha value is -2.62. The van der Waals surface area contributed by atoms with Crippen LogP contribution in [0.25, 0.3) is 0 Å². The Morgan fingerprint density at radius 2 is 1.52 bits per heavy atom. The second-order valence-corrected chi connectivity index (χ2v) is 10.2. The second-order valence-electron chi connectivity index (χ2n) is 10.2. The molecule has 0 bridgehead atoms. The minimum Gasteiger partial charge on any atom is -0.478 e. The molecule has 0 aromatic heterocycles. The monoisotopic (exact) mass is 468 g/mol. The number of rotatable bonds is 6. The minimum atomic E-state index is -1.05. The summed E-state index contributed by atoms with van der Waals surface area (Å²) < 4.78 is 10.5. The maximum atomic E-state index is 12.4. The molecule has 0 saturated heterocycles. The molecule has 0 heterocycles. The highest BCUT2D eigenvalue weighted by Crippen LogP contribution is 2.33. The van der Waals surface area contributed by atoms with Gasteiger partial charge in [0.25, 0.3) is 0 Å². The number of nitrogens with one attached hydrogen (secondary N) is 2. The van der Waals surface area contributed by atoms with E-state index in [1.807, 2.05) is 13.8 Å². The second kappa shape index (κ2) is 11.5. The van der Waals surface area contributed by atoms with Gasteiger partial charge in [0.15, 0.2) is 0 Å². The van der Waals surface area contributed by atoms with Gasteiger partial charge in [-0.1, -0.05) is 32.8 Å². The van der Waals surface area contributed by atoms with Crippen molar-refractivity contribution in [3.63, 3.8) is 0 Å². The summed E-state index contributed by atoms with van der Waals surface area (Å²) in [6.07, 6.45) is 1.78. The lowest BCUT2D eigenvalue weighted by Gasteiger charge is -2.29. The standard InChI is InChI=1S/C23H40N4O6/c1-9-13(10-2)17(24)15-11-14(18(28)29)12-16(15)25-19(26-20(30)32-22(3,4)5)27-21(31)33-23(6,7)8/h11,13,15-17H,9-10,12,24H2,1-8H3,(H,28,29)(H2,25,26,27,30,31)/t15-,16-,17?/m1/s1. The highest BCUT2D eigenvalue weighted by Gasteiger charge is 2.37. The van der Waals surface area contributed by atoms with Crippen LogP contribution in [0.15, 0.2) is 16.6 Å². The molecule has 0 saturated carbocycles. The molecule has 3 atom stereocenters. The molecule has 0 spiro atoms. The van der Waals surface area contributed by atoms with E-state index in [0.717, 1.165) is 12.8 Å². The number of alkyl carbamates (subject to hydrolysis) is 2. The molecule has 1 rings (SSSR count). The molecule has 10 nitrogen and oxygen atoms in total. The number of guanidine groups is 1. The number of aliphatic imine (C=N–C) groups is 1. The van der Waals surface area contributed by atoms with Gasteiger partial charge in [0.2, 0.25) is 5.96 Å². The maximum Gasteiger partial charge on any atom is 0.414 e. The molecule has 33 heavy (non-hydrogen) atoms. The molecule has 188 valence electrons. The number of carboxylic acid groups (broad SMARTS) is 1. The summed E-state index contributed by atoms with van der Waals surface area (Å²) in [5.74, 6) is -1.45. The van der Waals surface area contributed by atoms with Gasteiger partial charge in [-0.2, -0.15) is 0 Å². The number of hydrogen-bond acceptors (Lipinski definition) is 7. The molecule has 1 unspecified atom stereocenters. The molecule has 2 amide bonds. The molecule has 0 fully saturated rings. The van der Waals surface area contributed by atoms with Gasteiger partial charge >= 0.3 is 18.2 Å². The third-order valence-electron chi connectivity index (χ3n) is 5.11. The molecule has 0 aromatic rings. The first-order valence-electron chi connectivity index (χ1n) is 11.3. The largest absolute Gasteiger partial charge is 0.478 e. The lowest BCUT2D eigenvalue weighted by atomic mass is 9.83.